The van der Waals surface area contributed by atoms with Gasteiger partial charge in [-0.25, -0.2) is 4.79 Å². The molecule has 6 rings (SSSR count). The van der Waals surface area contributed by atoms with E-state index in [4.69, 9.17) is 4.74 Å². The second kappa shape index (κ2) is 14.6. The number of carbonyl (C=O) groups excluding carboxylic acids is 2. The fourth-order valence-corrected chi connectivity index (χ4v) is 7.08. The summed E-state index contributed by atoms with van der Waals surface area (Å²) < 4.78 is 5.61. The van der Waals surface area contributed by atoms with E-state index >= 15 is 0 Å². The molecule has 0 radical (unpaired) electrons. The summed E-state index contributed by atoms with van der Waals surface area (Å²) in [7, 11) is 0. The Morgan fingerprint density at radius 3 is 2.34 bits per heavy atom. The second-order valence-corrected chi connectivity index (χ2v) is 12.5. The van der Waals surface area contributed by atoms with Crippen LogP contribution in [-0.4, -0.2) is 76.9 Å². The SMILES string of the molecule is C=CCN(C(=O)OCc1ccc([N+](=O)[O-])cc1)C1CCN(C[C@H]2CN(C(=O)c3cccc4ccccc34)C[C@@H]2c2ccccc2)CC1. The van der Waals surface area contributed by atoms with Crippen LogP contribution in [0.15, 0.2) is 110 Å². The van der Waals surface area contributed by atoms with Crippen molar-refractivity contribution in [2.45, 2.75) is 31.4 Å². The highest BCUT2D eigenvalue weighted by Crippen LogP contribution is 2.35. The normalized spacial score (nSPS) is 18.6. The maximum Gasteiger partial charge on any atom is 0.410 e. The van der Waals surface area contributed by atoms with Crippen molar-refractivity contribution in [2.24, 2.45) is 5.92 Å². The number of likely N-dealkylation sites (tertiary alicyclic amines) is 2. The molecular formula is C38H40N4O5. The van der Waals surface area contributed by atoms with E-state index in [2.05, 4.69) is 35.7 Å². The molecule has 0 spiro atoms. The van der Waals surface area contributed by atoms with Crippen LogP contribution in [0.25, 0.3) is 10.8 Å². The van der Waals surface area contributed by atoms with E-state index in [9.17, 15) is 19.7 Å². The van der Waals surface area contributed by atoms with Crippen LogP contribution in [0.5, 0.6) is 0 Å². The number of piperidine rings is 1. The van der Waals surface area contributed by atoms with Crippen LogP contribution in [0.3, 0.4) is 0 Å². The predicted octanol–water partition coefficient (Wildman–Crippen LogP) is 6.89. The number of ether oxygens (including phenoxy) is 1. The molecule has 47 heavy (non-hydrogen) atoms. The van der Waals surface area contributed by atoms with Gasteiger partial charge in [0.2, 0.25) is 0 Å². The average molecular weight is 633 g/mol. The lowest BCUT2D eigenvalue weighted by Gasteiger charge is -2.39. The van der Waals surface area contributed by atoms with Crippen molar-refractivity contribution in [3.05, 3.63) is 137 Å². The van der Waals surface area contributed by atoms with Gasteiger partial charge in [0.1, 0.15) is 6.61 Å². The molecule has 2 fully saturated rings. The monoisotopic (exact) mass is 632 g/mol. The Kier molecular flexibility index (Phi) is 9.92. The van der Waals surface area contributed by atoms with Crippen LogP contribution in [0, 0.1) is 16.0 Å². The number of nitrogens with zero attached hydrogens (tertiary/aromatic N) is 4. The van der Waals surface area contributed by atoms with Gasteiger partial charge in [0.15, 0.2) is 0 Å². The number of non-ortho nitro benzene ring substituents is 1. The molecule has 9 nitrogen and oxygen atoms in total. The molecule has 2 heterocycles. The summed E-state index contributed by atoms with van der Waals surface area (Å²) in [6.45, 7) is 8.19. The Balaban J connectivity index is 1.09. The lowest BCUT2D eigenvalue weighted by atomic mass is 9.88. The minimum absolute atomic E-state index is 0.00284. The summed E-state index contributed by atoms with van der Waals surface area (Å²) in [5.41, 5.74) is 2.69. The van der Waals surface area contributed by atoms with Crippen molar-refractivity contribution in [1.82, 2.24) is 14.7 Å². The van der Waals surface area contributed by atoms with Crippen molar-refractivity contribution < 1.29 is 19.2 Å². The third-order valence-corrected chi connectivity index (χ3v) is 9.54. The highest BCUT2D eigenvalue weighted by Gasteiger charge is 2.38. The first-order chi connectivity index (χ1) is 22.9. The lowest BCUT2D eigenvalue weighted by molar-refractivity contribution is -0.384. The summed E-state index contributed by atoms with van der Waals surface area (Å²) in [5.74, 6) is 0.597. The Labute approximate surface area is 275 Å². The van der Waals surface area contributed by atoms with Crippen LogP contribution in [0.1, 0.15) is 40.2 Å². The smallest absolute Gasteiger partial charge is 0.410 e. The van der Waals surface area contributed by atoms with E-state index in [-0.39, 0.29) is 36.1 Å². The van der Waals surface area contributed by atoms with Crippen molar-refractivity contribution in [3.8, 4) is 0 Å². The molecule has 0 saturated carbocycles. The fourth-order valence-electron chi connectivity index (χ4n) is 7.08. The summed E-state index contributed by atoms with van der Waals surface area (Å²) in [6.07, 6.45) is 2.91. The number of nitro groups is 1. The Morgan fingerprint density at radius 2 is 1.62 bits per heavy atom. The summed E-state index contributed by atoms with van der Waals surface area (Å²) in [6, 6.07) is 30.6. The second-order valence-electron chi connectivity index (χ2n) is 12.5. The standard InChI is InChI=1S/C38H40N4O5/c1-2-21-41(38(44)47-27-28-15-17-33(18-16-28)42(45)46)32-19-22-39(23-20-32)24-31-25-40(26-36(31)30-9-4-3-5-10-30)37(43)35-14-8-12-29-11-6-7-13-34(29)35/h2-18,31-32,36H,1,19-27H2/t31-,36+/m0/s1. The zero-order chi connectivity index (χ0) is 32.8. The maximum absolute atomic E-state index is 13.9. The molecule has 0 bridgehead atoms. The summed E-state index contributed by atoms with van der Waals surface area (Å²) in [5, 5.41) is 13.0. The maximum atomic E-state index is 13.9. The van der Waals surface area contributed by atoms with Crippen LogP contribution in [0.4, 0.5) is 10.5 Å². The number of carbonyl (C=O) groups is 2. The Morgan fingerprint density at radius 1 is 0.915 bits per heavy atom. The van der Waals surface area contributed by atoms with Gasteiger partial charge in [0, 0.05) is 68.9 Å². The number of rotatable bonds is 10. The molecule has 2 atom stereocenters. The predicted molar refractivity (Wildman–Crippen MR) is 182 cm³/mol. The van der Waals surface area contributed by atoms with E-state index < -0.39 is 11.0 Å². The third kappa shape index (κ3) is 7.36. The molecule has 2 saturated heterocycles. The number of amides is 2. The van der Waals surface area contributed by atoms with Gasteiger partial charge >= 0.3 is 6.09 Å². The minimum atomic E-state index is -0.454. The van der Waals surface area contributed by atoms with Crippen LogP contribution in [0.2, 0.25) is 0 Å². The minimum Gasteiger partial charge on any atom is -0.445 e. The third-order valence-electron chi connectivity index (χ3n) is 9.54. The van der Waals surface area contributed by atoms with Crippen molar-refractivity contribution >= 4 is 28.5 Å². The molecule has 2 aliphatic rings. The molecule has 4 aromatic rings. The number of hydrogen-bond donors (Lipinski definition) is 0. The van der Waals surface area contributed by atoms with E-state index in [1.165, 1.54) is 17.7 Å². The zero-order valence-corrected chi connectivity index (χ0v) is 26.4. The number of hydrogen-bond acceptors (Lipinski definition) is 6. The van der Waals surface area contributed by atoms with Gasteiger partial charge in [0.25, 0.3) is 11.6 Å². The Bertz CT molecular complexity index is 1710. The van der Waals surface area contributed by atoms with E-state index in [1.807, 2.05) is 53.4 Å². The van der Waals surface area contributed by atoms with Crippen molar-refractivity contribution in [1.29, 1.82) is 0 Å². The largest absolute Gasteiger partial charge is 0.445 e. The molecule has 9 heteroatoms. The highest BCUT2D eigenvalue weighted by molar-refractivity contribution is 6.07. The zero-order valence-electron chi connectivity index (χ0n) is 26.4. The molecule has 0 N–H and O–H groups in total. The number of benzene rings is 4. The van der Waals surface area contributed by atoms with Gasteiger partial charge in [-0.1, -0.05) is 72.8 Å². The molecule has 2 aliphatic heterocycles. The molecular weight excluding hydrogens is 592 g/mol. The van der Waals surface area contributed by atoms with Gasteiger partial charge in [-0.3, -0.25) is 14.9 Å². The number of nitro benzene ring substituents is 1. The molecule has 0 aliphatic carbocycles. The van der Waals surface area contributed by atoms with E-state index in [0.29, 0.717) is 25.2 Å². The molecule has 2 amide bonds. The van der Waals surface area contributed by atoms with Crippen LogP contribution >= 0.6 is 0 Å². The summed E-state index contributed by atoms with van der Waals surface area (Å²) >= 11 is 0. The highest BCUT2D eigenvalue weighted by atomic mass is 16.6. The van der Waals surface area contributed by atoms with Crippen LogP contribution < -0.4 is 0 Å². The Hall–Kier alpha value is -5.02. The van der Waals surface area contributed by atoms with Gasteiger partial charge in [-0.15, -0.1) is 6.58 Å². The van der Waals surface area contributed by atoms with Gasteiger partial charge < -0.3 is 19.4 Å². The first-order valence-electron chi connectivity index (χ1n) is 16.2. The van der Waals surface area contributed by atoms with Crippen molar-refractivity contribution in [2.75, 3.05) is 39.3 Å². The van der Waals surface area contributed by atoms with Crippen molar-refractivity contribution in [3.63, 3.8) is 0 Å². The average Bonchev–Trinajstić information content (AvgIpc) is 3.53. The first-order valence-corrected chi connectivity index (χ1v) is 16.2. The molecule has 242 valence electrons. The van der Waals surface area contributed by atoms with Gasteiger partial charge in [-0.05, 0) is 58.9 Å². The topological polar surface area (TPSA) is 96.2 Å². The molecule has 0 aromatic heterocycles. The summed E-state index contributed by atoms with van der Waals surface area (Å²) in [4.78, 5) is 43.8. The van der Waals surface area contributed by atoms with Crippen LogP contribution in [-0.2, 0) is 11.3 Å². The number of fused-ring (bicyclic) bond motifs is 1. The fraction of sp³-hybridized carbons (Fsp3) is 0.316. The molecule has 0 unspecified atom stereocenters. The van der Waals surface area contributed by atoms with E-state index in [0.717, 1.165) is 48.8 Å². The van der Waals surface area contributed by atoms with E-state index in [1.54, 1.807) is 23.1 Å². The molecule has 4 aromatic carbocycles. The van der Waals surface area contributed by atoms with Gasteiger partial charge in [0.05, 0.1) is 4.92 Å². The van der Waals surface area contributed by atoms with Gasteiger partial charge in [-0.2, -0.15) is 0 Å². The first kappa shape index (κ1) is 31.9. The quantitative estimate of drug-likeness (QED) is 0.107. The lowest BCUT2D eigenvalue weighted by Crippen LogP contribution is -2.48.